The molecule has 2 aliphatic heterocycles. The van der Waals surface area contributed by atoms with Gasteiger partial charge in [-0.15, -0.1) is 0 Å². The van der Waals surface area contributed by atoms with Gasteiger partial charge in [0.05, 0.1) is 19.1 Å². The van der Waals surface area contributed by atoms with Gasteiger partial charge in [-0.05, 0) is 37.9 Å². The monoisotopic (exact) mass is 413 g/mol. The number of benzene rings is 1. The Bertz CT molecular complexity index is 712. The van der Waals surface area contributed by atoms with Gasteiger partial charge in [0, 0.05) is 43.7 Å². The van der Waals surface area contributed by atoms with Gasteiger partial charge < -0.3 is 15.0 Å². The number of hydrogen-bond donors (Lipinski definition) is 1. The second kappa shape index (κ2) is 9.92. The second-order valence-corrected chi connectivity index (χ2v) is 9.13. The van der Waals surface area contributed by atoms with E-state index in [1.807, 2.05) is 35.2 Å². The van der Waals surface area contributed by atoms with Crippen LogP contribution in [0.25, 0.3) is 0 Å². The Balaban J connectivity index is 1.35. The molecule has 1 unspecified atom stereocenters. The largest absolute Gasteiger partial charge is 0.379 e. The number of ether oxygens (including phenoxy) is 1. The number of rotatable bonds is 6. The third kappa shape index (κ3) is 4.86. The van der Waals surface area contributed by atoms with Crippen LogP contribution in [0.5, 0.6) is 0 Å². The minimum Gasteiger partial charge on any atom is -0.379 e. The maximum Gasteiger partial charge on any atom is 0.253 e. The highest BCUT2D eigenvalue weighted by atomic mass is 16.5. The van der Waals surface area contributed by atoms with Crippen LogP contribution in [0.4, 0.5) is 0 Å². The van der Waals surface area contributed by atoms with Gasteiger partial charge in [-0.25, -0.2) is 0 Å². The Kier molecular flexibility index (Phi) is 7.05. The highest BCUT2D eigenvalue weighted by Crippen LogP contribution is 2.48. The first-order valence-electron chi connectivity index (χ1n) is 11.6. The minimum absolute atomic E-state index is 0.0447. The topological polar surface area (TPSA) is 61.9 Å². The van der Waals surface area contributed by atoms with Crippen molar-refractivity contribution in [2.75, 3.05) is 52.5 Å². The molecule has 0 radical (unpaired) electrons. The van der Waals surface area contributed by atoms with E-state index in [0.717, 1.165) is 70.5 Å². The van der Waals surface area contributed by atoms with Crippen LogP contribution in [0.15, 0.2) is 30.3 Å². The van der Waals surface area contributed by atoms with Crippen molar-refractivity contribution in [2.45, 2.75) is 38.5 Å². The van der Waals surface area contributed by atoms with Gasteiger partial charge in [0.25, 0.3) is 5.91 Å². The number of morpholine rings is 1. The summed E-state index contributed by atoms with van der Waals surface area (Å²) in [5.41, 5.74) is 0.673. The zero-order valence-corrected chi connectivity index (χ0v) is 18.0. The van der Waals surface area contributed by atoms with E-state index in [2.05, 4.69) is 10.2 Å². The molecule has 1 N–H and O–H groups in total. The smallest absolute Gasteiger partial charge is 0.253 e. The molecule has 2 amide bonds. The summed E-state index contributed by atoms with van der Waals surface area (Å²) in [6.45, 7) is 6.54. The van der Waals surface area contributed by atoms with E-state index in [1.165, 1.54) is 6.42 Å². The molecule has 0 aromatic heterocycles. The molecule has 2 heterocycles. The van der Waals surface area contributed by atoms with Crippen LogP contribution < -0.4 is 5.32 Å². The molecule has 1 aliphatic carbocycles. The van der Waals surface area contributed by atoms with Crippen LogP contribution in [0, 0.1) is 11.3 Å². The van der Waals surface area contributed by atoms with E-state index in [1.54, 1.807) is 0 Å². The maximum absolute atomic E-state index is 13.2. The molecule has 1 spiro atoms. The van der Waals surface area contributed by atoms with Crippen LogP contribution in [0.2, 0.25) is 0 Å². The molecule has 1 aromatic carbocycles. The van der Waals surface area contributed by atoms with Gasteiger partial charge in [0.15, 0.2) is 0 Å². The third-order valence-electron chi connectivity index (χ3n) is 7.18. The Morgan fingerprint density at radius 1 is 1.07 bits per heavy atom. The lowest BCUT2D eigenvalue weighted by molar-refractivity contribution is -0.128. The van der Waals surface area contributed by atoms with Crippen LogP contribution in [0.3, 0.4) is 0 Å². The van der Waals surface area contributed by atoms with Crippen molar-refractivity contribution in [3.8, 4) is 0 Å². The summed E-state index contributed by atoms with van der Waals surface area (Å²) in [6.07, 6.45) is 6.62. The second-order valence-electron chi connectivity index (χ2n) is 9.13. The quantitative estimate of drug-likeness (QED) is 0.728. The lowest BCUT2D eigenvalue weighted by Crippen LogP contribution is -2.43. The van der Waals surface area contributed by atoms with Crippen molar-refractivity contribution >= 4 is 11.8 Å². The molecule has 2 saturated heterocycles. The van der Waals surface area contributed by atoms with E-state index in [-0.39, 0.29) is 23.1 Å². The van der Waals surface area contributed by atoms with Gasteiger partial charge in [-0.3, -0.25) is 14.5 Å². The first kappa shape index (κ1) is 21.3. The molecule has 1 saturated carbocycles. The summed E-state index contributed by atoms with van der Waals surface area (Å²) in [7, 11) is 0. The van der Waals surface area contributed by atoms with Gasteiger partial charge in [-0.1, -0.05) is 37.5 Å². The Hall–Kier alpha value is -1.92. The summed E-state index contributed by atoms with van der Waals surface area (Å²) in [5, 5.41) is 3.20. The van der Waals surface area contributed by atoms with Gasteiger partial charge in [0.2, 0.25) is 5.91 Å². The van der Waals surface area contributed by atoms with E-state index in [9.17, 15) is 9.59 Å². The Morgan fingerprint density at radius 2 is 1.80 bits per heavy atom. The molecule has 1 aromatic rings. The van der Waals surface area contributed by atoms with E-state index in [0.29, 0.717) is 19.6 Å². The molecule has 6 nitrogen and oxygen atoms in total. The zero-order chi connectivity index (χ0) is 20.8. The van der Waals surface area contributed by atoms with Gasteiger partial charge in [0.1, 0.15) is 0 Å². The van der Waals surface area contributed by atoms with Crippen molar-refractivity contribution < 1.29 is 14.3 Å². The number of likely N-dealkylation sites (tertiary alicyclic amines) is 1. The van der Waals surface area contributed by atoms with Crippen LogP contribution in [-0.2, 0) is 9.53 Å². The summed E-state index contributed by atoms with van der Waals surface area (Å²) in [5.74, 6) is 0.110. The fraction of sp³-hybridized carbons (Fsp3) is 0.667. The molecule has 164 valence electrons. The van der Waals surface area contributed by atoms with Crippen LogP contribution >= 0.6 is 0 Å². The van der Waals surface area contributed by atoms with E-state index >= 15 is 0 Å². The Labute approximate surface area is 179 Å². The molecule has 4 rings (SSSR count). The summed E-state index contributed by atoms with van der Waals surface area (Å²) in [6, 6.07) is 9.47. The van der Waals surface area contributed by atoms with Crippen LogP contribution in [-0.4, -0.2) is 74.1 Å². The number of carbonyl (C=O) groups is 2. The molecule has 1 atom stereocenters. The van der Waals surface area contributed by atoms with Crippen molar-refractivity contribution in [3.63, 3.8) is 0 Å². The number of carbonyl (C=O) groups excluding carboxylic acids is 2. The molecular formula is C24H35N3O3. The molecule has 3 fully saturated rings. The van der Waals surface area contributed by atoms with Gasteiger partial charge >= 0.3 is 0 Å². The number of nitrogens with one attached hydrogen (secondary N) is 1. The third-order valence-corrected chi connectivity index (χ3v) is 7.18. The van der Waals surface area contributed by atoms with Crippen molar-refractivity contribution in [1.82, 2.24) is 15.1 Å². The first-order valence-corrected chi connectivity index (χ1v) is 11.6. The molecule has 6 heteroatoms. The van der Waals surface area contributed by atoms with Crippen LogP contribution in [0.1, 0.15) is 48.9 Å². The summed E-state index contributed by atoms with van der Waals surface area (Å²) < 4.78 is 5.39. The molecule has 0 bridgehead atoms. The molecule has 3 aliphatic rings. The Morgan fingerprint density at radius 3 is 2.53 bits per heavy atom. The zero-order valence-electron chi connectivity index (χ0n) is 18.0. The molecular weight excluding hydrogens is 378 g/mol. The van der Waals surface area contributed by atoms with Crippen molar-refractivity contribution in [3.05, 3.63) is 35.9 Å². The fourth-order valence-electron chi connectivity index (χ4n) is 5.47. The first-order chi connectivity index (χ1) is 14.7. The van der Waals surface area contributed by atoms with Gasteiger partial charge in [-0.2, -0.15) is 0 Å². The summed E-state index contributed by atoms with van der Waals surface area (Å²) >= 11 is 0. The van der Waals surface area contributed by atoms with E-state index < -0.39 is 0 Å². The highest BCUT2D eigenvalue weighted by molar-refractivity contribution is 5.95. The molecule has 30 heavy (non-hydrogen) atoms. The normalized spacial score (nSPS) is 24.1. The number of nitrogens with zero attached hydrogens (tertiary/aromatic N) is 2. The SMILES string of the molecule is O=C(NCCCN1CCOCC1)C1CN(C(=O)c2ccccc2)CC12CCCCC2. The standard InChI is InChI=1S/C24H35N3O3/c28-22(25-12-7-13-26-14-16-30-17-15-26)21-18-27(19-24(21)10-5-2-6-11-24)23(29)20-8-3-1-4-9-20/h1,3-4,8-9,21H,2,5-7,10-19H2,(H,25,28). The van der Waals surface area contributed by atoms with E-state index in [4.69, 9.17) is 4.74 Å². The fourth-order valence-corrected chi connectivity index (χ4v) is 5.47. The minimum atomic E-state index is -0.0890. The summed E-state index contributed by atoms with van der Waals surface area (Å²) in [4.78, 5) is 30.6. The number of hydrogen-bond acceptors (Lipinski definition) is 4. The highest BCUT2D eigenvalue weighted by Gasteiger charge is 2.51. The predicted molar refractivity (Wildman–Crippen MR) is 116 cm³/mol. The van der Waals surface area contributed by atoms with Crippen molar-refractivity contribution in [2.24, 2.45) is 11.3 Å². The average Bonchev–Trinajstić information content (AvgIpc) is 3.16. The lowest BCUT2D eigenvalue weighted by atomic mass is 9.67. The number of amides is 2. The predicted octanol–water partition coefficient (Wildman–Crippen LogP) is 2.55. The maximum atomic E-state index is 13.2. The van der Waals surface area contributed by atoms with Crippen molar-refractivity contribution in [1.29, 1.82) is 0 Å². The average molecular weight is 414 g/mol. The lowest BCUT2D eigenvalue weighted by Gasteiger charge is -2.37.